The van der Waals surface area contributed by atoms with Crippen LogP contribution < -0.4 is 0 Å². The Hall–Kier alpha value is -0.370. The molecule has 1 atom stereocenters. The summed E-state index contributed by atoms with van der Waals surface area (Å²) in [5.41, 5.74) is 0. The molecular weight excluding hydrogens is 176 g/mol. The highest BCUT2D eigenvalue weighted by Gasteiger charge is 2.11. The van der Waals surface area contributed by atoms with Gasteiger partial charge in [-0.2, -0.15) is 0 Å². The van der Waals surface area contributed by atoms with Crippen LogP contribution >= 0.6 is 0 Å². The third kappa shape index (κ3) is 7.07. The number of Topliss-reactive ketones (excluding diaryl/α,β-unsaturated/α-hetero) is 1. The van der Waals surface area contributed by atoms with E-state index in [-0.39, 0.29) is 5.92 Å². The Bertz CT molecular complexity index is 143. The summed E-state index contributed by atoms with van der Waals surface area (Å²) in [5.74, 6) is 0.578. The van der Waals surface area contributed by atoms with Crippen LogP contribution in [0.15, 0.2) is 0 Å². The van der Waals surface area contributed by atoms with Crippen molar-refractivity contribution in [2.24, 2.45) is 5.92 Å². The van der Waals surface area contributed by atoms with Crippen molar-refractivity contribution >= 4 is 5.78 Å². The molecule has 0 aliphatic carbocycles. The van der Waals surface area contributed by atoms with Gasteiger partial charge in [0.05, 0.1) is 0 Å². The molecule has 0 saturated carbocycles. The molecule has 0 fully saturated rings. The summed E-state index contributed by atoms with van der Waals surface area (Å²) in [4.78, 5) is 11.6. The Morgan fingerprint density at radius 2 is 2.00 bits per heavy atom. The molecule has 0 aromatic carbocycles. The van der Waals surface area contributed by atoms with E-state index in [4.69, 9.17) is 4.74 Å². The standard InChI is InChI=1S/C12H24O2/c1-4-5-6-7-8-12(13)11(2)9-10-14-3/h11H,4-10H2,1-3H3. The summed E-state index contributed by atoms with van der Waals surface area (Å²) < 4.78 is 4.95. The Kier molecular flexibility index (Phi) is 8.95. The van der Waals surface area contributed by atoms with Crippen LogP contribution in [-0.4, -0.2) is 19.5 Å². The predicted octanol–water partition coefficient (Wildman–Crippen LogP) is 3.20. The van der Waals surface area contributed by atoms with Crippen LogP contribution in [0.4, 0.5) is 0 Å². The van der Waals surface area contributed by atoms with Gasteiger partial charge >= 0.3 is 0 Å². The molecule has 0 heterocycles. The first-order valence-corrected chi connectivity index (χ1v) is 5.74. The van der Waals surface area contributed by atoms with Crippen molar-refractivity contribution in [3.05, 3.63) is 0 Å². The van der Waals surface area contributed by atoms with E-state index in [1.54, 1.807) is 7.11 Å². The van der Waals surface area contributed by atoms with Gasteiger partial charge in [0, 0.05) is 26.1 Å². The topological polar surface area (TPSA) is 26.3 Å². The molecule has 0 aliphatic heterocycles. The lowest BCUT2D eigenvalue weighted by Gasteiger charge is -2.09. The second kappa shape index (κ2) is 9.20. The molecule has 0 radical (unpaired) electrons. The van der Waals surface area contributed by atoms with Gasteiger partial charge in [0.1, 0.15) is 5.78 Å². The Labute approximate surface area is 88.0 Å². The first kappa shape index (κ1) is 13.6. The van der Waals surface area contributed by atoms with Gasteiger partial charge in [-0.1, -0.05) is 33.1 Å². The average Bonchev–Trinajstić information content (AvgIpc) is 2.20. The van der Waals surface area contributed by atoms with Gasteiger partial charge in [-0.3, -0.25) is 4.79 Å². The normalized spacial score (nSPS) is 12.8. The lowest BCUT2D eigenvalue weighted by molar-refractivity contribution is -0.123. The minimum atomic E-state index is 0.177. The summed E-state index contributed by atoms with van der Waals surface area (Å²) in [5, 5.41) is 0. The molecule has 2 heteroatoms. The van der Waals surface area contributed by atoms with E-state index in [2.05, 4.69) is 6.92 Å². The molecule has 0 rings (SSSR count). The van der Waals surface area contributed by atoms with Gasteiger partial charge in [0.15, 0.2) is 0 Å². The largest absolute Gasteiger partial charge is 0.385 e. The van der Waals surface area contributed by atoms with Crippen molar-refractivity contribution in [2.45, 2.75) is 52.4 Å². The quantitative estimate of drug-likeness (QED) is 0.534. The van der Waals surface area contributed by atoms with Crippen LogP contribution in [0, 0.1) is 5.92 Å². The molecule has 14 heavy (non-hydrogen) atoms. The minimum Gasteiger partial charge on any atom is -0.385 e. The molecule has 0 aliphatic rings. The van der Waals surface area contributed by atoms with E-state index in [9.17, 15) is 4.79 Å². The predicted molar refractivity (Wildman–Crippen MR) is 59.4 cm³/mol. The van der Waals surface area contributed by atoms with Crippen molar-refractivity contribution in [1.82, 2.24) is 0 Å². The Morgan fingerprint density at radius 1 is 1.29 bits per heavy atom. The van der Waals surface area contributed by atoms with Crippen molar-refractivity contribution in [3.8, 4) is 0 Å². The monoisotopic (exact) mass is 200 g/mol. The molecule has 0 aromatic heterocycles. The average molecular weight is 200 g/mol. The molecule has 0 aromatic rings. The zero-order chi connectivity index (χ0) is 10.8. The number of methoxy groups -OCH3 is 1. The highest BCUT2D eigenvalue weighted by molar-refractivity contribution is 5.80. The molecule has 0 bridgehead atoms. The van der Waals surface area contributed by atoms with Crippen molar-refractivity contribution < 1.29 is 9.53 Å². The maximum absolute atomic E-state index is 11.6. The van der Waals surface area contributed by atoms with E-state index in [0.717, 1.165) is 19.3 Å². The highest BCUT2D eigenvalue weighted by atomic mass is 16.5. The molecule has 0 amide bonds. The van der Waals surface area contributed by atoms with Crippen LogP contribution in [0.25, 0.3) is 0 Å². The Morgan fingerprint density at radius 3 is 2.57 bits per heavy atom. The molecule has 2 nitrogen and oxygen atoms in total. The number of hydrogen-bond acceptors (Lipinski definition) is 2. The number of unbranched alkanes of at least 4 members (excludes halogenated alkanes) is 3. The fourth-order valence-electron chi connectivity index (χ4n) is 1.43. The van der Waals surface area contributed by atoms with E-state index < -0.39 is 0 Å². The zero-order valence-corrected chi connectivity index (χ0v) is 9.84. The van der Waals surface area contributed by atoms with Crippen LogP contribution in [0.2, 0.25) is 0 Å². The number of carbonyl (C=O) groups is 1. The smallest absolute Gasteiger partial charge is 0.135 e. The highest BCUT2D eigenvalue weighted by Crippen LogP contribution is 2.10. The summed E-state index contributed by atoms with van der Waals surface area (Å²) in [6.07, 6.45) is 6.35. The minimum absolute atomic E-state index is 0.177. The van der Waals surface area contributed by atoms with E-state index in [1.165, 1.54) is 19.3 Å². The first-order valence-electron chi connectivity index (χ1n) is 5.74. The van der Waals surface area contributed by atoms with Crippen molar-refractivity contribution in [1.29, 1.82) is 0 Å². The van der Waals surface area contributed by atoms with Gasteiger partial charge < -0.3 is 4.74 Å². The first-order chi connectivity index (χ1) is 6.72. The van der Waals surface area contributed by atoms with Gasteiger partial charge in [0.25, 0.3) is 0 Å². The summed E-state index contributed by atoms with van der Waals surface area (Å²) in [6, 6.07) is 0. The van der Waals surface area contributed by atoms with E-state index >= 15 is 0 Å². The summed E-state index contributed by atoms with van der Waals surface area (Å²) in [7, 11) is 1.68. The SMILES string of the molecule is CCCCCCC(=O)C(C)CCOC. The Balaban J connectivity index is 3.42. The third-order valence-electron chi connectivity index (χ3n) is 2.58. The molecular formula is C12H24O2. The maximum atomic E-state index is 11.6. The fourth-order valence-corrected chi connectivity index (χ4v) is 1.43. The number of ether oxygens (including phenoxy) is 1. The van der Waals surface area contributed by atoms with Gasteiger partial charge in [-0.15, -0.1) is 0 Å². The number of rotatable bonds is 9. The second-order valence-corrected chi connectivity index (χ2v) is 3.96. The molecule has 0 N–H and O–H groups in total. The zero-order valence-electron chi connectivity index (χ0n) is 9.84. The number of hydrogen-bond donors (Lipinski definition) is 0. The fraction of sp³-hybridized carbons (Fsp3) is 0.917. The summed E-state index contributed by atoms with van der Waals surface area (Å²) >= 11 is 0. The molecule has 84 valence electrons. The molecule has 0 saturated heterocycles. The number of carbonyl (C=O) groups excluding carboxylic acids is 1. The van der Waals surface area contributed by atoms with Gasteiger partial charge in [-0.25, -0.2) is 0 Å². The van der Waals surface area contributed by atoms with Crippen LogP contribution in [-0.2, 0) is 9.53 Å². The lowest BCUT2D eigenvalue weighted by Crippen LogP contribution is -2.12. The van der Waals surface area contributed by atoms with Crippen molar-refractivity contribution in [2.75, 3.05) is 13.7 Å². The third-order valence-corrected chi connectivity index (χ3v) is 2.58. The maximum Gasteiger partial charge on any atom is 0.135 e. The molecule has 1 unspecified atom stereocenters. The molecule has 0 spiro atoms. The lowest BCUT2D eigenvalue weighted by atomic mass is 9.98. The van der Waals surface area contributed by atoms with Crippen molar-refractivity contribution in [3.63, 3.8) is 0 Å². The van der Waals surface area contributed by atoms with E-state index in [0.29, 0.717) is 12.4 Å². The van der Waals surface area contributed by atoms with Crippen LogP contribution in [0.1, 0.15) is 52.4 Å². The van der Waals surface area contributed by atoms with Gasteiger partial charge in [-0.05, 0) is 12.8 Å². The van der Waals surface area contributed by atoms with E-state index in [1.807, 2.05) is 6.92 Å². The second-order valence-electron chi connectivity index (χ2n) is 3.96. The summed E-state index contributed by atoms with van der Waals surface area (Å²) in [6.45, 7) is 4.88. The number of ketones is 1. The van der Waals surface area contributed by atoms with Crippen LogP contribution in [0.5, 0.6) is 0 Å². The van der Waals surface area contributed by atoms with Gasteiger partial charge in [0.2, 0.25) is 0 Å². The van der Waals surface area contributed by atoms with Crippen LogP contribution in [0.3, 0.4) is 0 Å².